The molecule has 1 amide bonds. The molecule has 2 N–H and O–H groups in total. The Balaban J connectivity index is 1.50. The number of pyridine rings is 1. The Labute approximate surface area is 193 Å². The quantitative estimate of drug-likeness (QED) is 0.458. The van der Waals surface area contributed by atoms with Crippen LogP contribution >= 0.6 is 11.3 Å². The fraction of sp³-hybridized carbons (Fsp3) is 0.292. The molecule has 8 nitrogen and oxygen atoms in total. The molecule has 0 aliphatic carbocycles. The normalized spacial score (nSPS) is 16.1. The molecule has 9 heteroatoms. The van der Waals surface area contributed by atoms with Gasteiger partial charge in [-0.05, 0) is 38.0 Å². The van der Waals surface area contributed by atoms with Crippen molar-refractivity contribution in [1.29, 1.82) is 0 Å². The van der Waals surface area contributed by atoms with Crippen LogP contribution < -0.4 is 4.74 Å². The van der Waals surface area contributed by atoms with E-state index in [0.29, 0.717) is 39.5 Å². The van der Waals surface area contributed by atoms with Crippen LogP contribution in [0.2, 0.25) is 0 Å². The van der Waals surface area contributed by atoms with E-state index < -0.39 is 5.97 Å². The third kappa shape index (κ3) is 3.53. The lowest BCUT2D eigenvalue weighted by atomic mass is 10.1. The molecule has 1 saturated heterocycles. The van der Waals surface area contributed by atoms with E-state index in [2.05, 4.69) is 4.98 Å². The second-order valence-corrected chi connectivity index (χ2v) is 9.27. The van der Waals surface area contributed by atoms with Gasteiger partial charge in [0.1, 0.15) is 11.5 Å². The van der Waals surface area contributed by atoms with E-state index in [-0.39, 0.29) is 24.1 Å². The molecule has 0 spiro atoms. The highest BCUT2D eigenvalue weighted by Gasteiger charge is 2.30. The van der Waals surface area contributed by atoms with E-state index in [9.17, 15) is 19.8 Å². The van der Waals surface area contributed by atoms with E-state index in [1.165, 1.54) is 11.3 Å². The zero-order valence-electron chi connectivity index (χ0n) is 18.2. The van der Waals surface area contributed by atoms with Gasteiger partial charge in [0.15, 0.2) is 0 Å². The maximum atomic E-state index is 13.0. The molecule has 170 valence electrons. The van der Waals surface area contributed by atoms with E-state index in [4.69, 9.17) is 4.74 Å². The number of aromatic nitrogens is 2. The number of nitrogens with zero attached hydrogens (tertiary/aromatic N) is 3. The average molecular weight is 466 g/mol. The number of thiophene rings is 1. The summed E-state index contributed by atoms with van der Waals surface area (Å²) in [5.74, 6) is 0.0869. The van der Waals surface area contributed by atoms with Crippen molar-refractivity contribution >= 4 is 44.3 Å². The van der Waals surface area contributed by atoms with Crippen LogP contribution in [0.25, 0.3) is 21.1 Å². The number of benzene rings is 1. The molecule has 1 atom stereocenters. The lowest BCUT2D eigenvalue weighted by Crippen LogP contribution is -2.37. The van der Waals surface area contributed by atoms with Gasteiger partial charge in [-0.3, -0.25) is 9.78 Å². The molecule has 4 aromatic rings. The summed E-state index contributed by atoms with van der Waals surface area (Å²) in [5.41, 5.74) is 2.39. The van der Waals surface area contributed by atoms with Crippen LogP contribution in [-0.4, -0.2) is 55.7 Å². The Morgan fingerprint density at radius 2 is 2.09 bits per heavy atom. The second kappa shape index (κ2) is 8.17. The first-order valence-electron chi connectivity index (χ1n) is 10.7. The van der Waals surface area contributed by atoms with Gasteiger partial charge in [-0.25, -0.2) is 4.79 Å². The number of aromatic carboxylic acids is 1. The zero-order valence-corrected chi connectivity index (χ0v) is 19.1. The van der Waals surface area contributed by atoms with Crippen LogP contribution in [0.1, 0.15) is 38.6 Å². The molecule has 0 radical (unpaired) electrons. The number of aliphatic hydroxyl groups excluding tert-OH is 1. The number of carbonyl (C=O) groups is 2. The Morgan fingerprint density at radius 3 is 2.85 bits per heavy atom. The molecule has 0 unspecified atom stereocenters. The highest BCUT2D eigenvalue weighted by Crippen LogP contribution is 2.37. The monoisotopic (exact) mass is 465 g/mol. The minimum Gasteiger partial charge on any atom is -0.478 e. The molecular formula is C24H23N3O5S. The van der Waals surface area contributed by atoms with Crippen LogP contribution in [0.3, 0.4) is 0 Å². The summed E-state index contributed by atoms with van der Waals surface area (Å²) in [7, 11) is 1.83. The third-order valence-electron chi connectivity index (χ3n) is 6.34. The van der Waals surface area contributed by atoms with Gasteiger partial charge in [0, 0.05) is 43.0 Å². The minimum atomic E-state index is -0.958. The van der Waals surface area contributed by atoms with Gasteiger partial charge in [-0.2, -0.15) is 0 Å². The summed E-state index contributed by atoms with van der Waals surface area (Å²) >= 11 is 1.32. The first-order chi connectivity index (χ1) is 15.9. The fourth-order valence-electron chi connectivity index (χ4n) is 4.54. The molecule has 3 aromatic heterocycles. The van der Waals surface area contributed by atoms with Crippen molar-refractivity contribution in [3.8, 4) is 11.5 Å². The van der Waals surface area contributed by atoms with Crippen LogP contribution in [0.4, 0.5) is 0 Å². The van der Waals surface area contributed by atoms with Crippen molar-refractivity contribution in [3.05, 3.63) is 52.7 Å². The number of amides is 1. The topological polar surface area (TPSA) is 105 Å². The summed E-state index contributed by atoms with van der Waals surface area (Å²) in [6.45, 7) is 2.39. The fourth-order valence-corrected chi connectivity index (χ4v) is 5.56. The average Bonchev–Trinajstić information content (AvgIpc) is 3.51. The maximum absolute atomic E-state index is 13.0. The number of carbonyl (C=O) groups excluding carboxylic acids is 1. The van der Waals surface area contributed by atoms with Gasteiger partial charge < -0.3 is 24.4 Å². The Hall–Kier alpha value is -3.43. The summed E-state index contributed by atoms with van der Waals surface area (Å²) < 4.78 is 8.77. The standard InChI is InChI=1S/C24H23N3O5S/c1-13-21(24(30)31)16-6-5-15(10-18(16)26(13)2)32-19-7-8-25-17-11-20(33-22(17)19)23(29)27-9-3-4-14(27)12-28/h5-8,10-11,14,28H,3-4,9,12H2,1-2H3,(H,30,31)/t14-/m0/s1. The second-order valence-electron chi connectivity index (χ2n) is 8.22. The van der Waals surface area contributed by atoms with Gasteiger partial charge in [0.25, 0.3) is 5.91 Å². The van der Waals surface area contributed by atoms with Crippen molar-refractivity contribution in [3.63, 3.8) is 0 Å². The van der Waals surface area contributed by atoms with E-state index in [0.717, 1.165) is 23.1 Å². The van der Waals surface area contributed by atoms with E-state index in [1.807, 2.05) is 17.7 Å². The molecular weight excluding hydrogens is 442 g/mol. The van der Waals surface area contributed by atoms with Gasteiger partial charge in [-0.1, -0.05) is 0 Å². The number of aliphatic hydroxyl groups is 1. The lowest BCUT2D eigenvalue weighted by molar-refractivity contribution is 0.0679. The first-order valence-corrected chi connectivity index (χ1v) is 11.5. The van der Waals surface area contributed by atoms with Gasteiger partial charge in [0.05, 0.1) is 38.8 Å². The van der Waals surface area contributed by atoms with Gasteiger partial charge in [0.2, 0.25) is 0 Å². The summed E-state index contributed by atoms with van der Waals surface area (Å²) in [5, 5.41) is 19.8. The Morgan fingerprint density at radius 1 is 1.27 bits per heavy atom. The van der Waals surface area contributed by atoms with E-state index >= 15 is 0 Å². The predicted molar refractivity (Wildman–Crippen MR) is 125 cm³/mol. The number of fused-ring (bicyclic) bond motifs is 2. The minimum absolute atomic E-state index is 0.0338. The van der Waals surface area contributed by atoms with Crippen LogP contribution in [0, 0.1) is 6.92 Å². The molecule has 5 rings (SSSR count). The summed E-state index contributed by atoms with van der Waals surface area (Å²) in [4.78, 5) is 31.4. The number of carboxylic acid groups (broad SMARTS) is 1. The largest absolute Gasteiger partial charge is 0.478 e. The number of carboxylic acids is 1. The number of likely N-dealkylation sites (tertiary alicyclic amines) is 1. The molecule has 33 heavy (non-hydrogen) atoms. The summed E-state index contributed by atoms with van der Waals surface area (Å²) in [6.07, 6.45) is 3.34. The molecule has 1 fully saturated rings. The first kappa shape index (κ1) is 21.4. The molecule has 1 aromatic carbocycles. The molecule has 1 aliphatic heterocycles. The number of ether oxygens (including phenoxy) is 1. The molecule has 4 heterocycles. The highest BCUT2D eigenvalue weighted by atomic mass is 32.1. The summed E-state index contributed by atoms with van der Waals surface area (Å²) in [6, 6.07) is 8.70. The van der Waals surface area contributed by atoms with Crippen molar-refractivity contribution < 1.29 is 24.5 Å². The molecule has 0 saturated carbocycles. The Kier molecular flexibility index (Phi) is 5.30. The van der Waals surface area contributed by atoms with Gasteiger partial charge >= 0.3 is 5.97 Å². The number of aryl methyl sites for hydroxylation is 1. The zero-order chi connectivity index (χ0) is 23.3. The number of rotatable bonds is 5. The smallest absolute Gasteiger partial charge is 0.338 e. The van der Waals surface area contributed by atoms with Crippen molar-refractivity contribution in [1.82, 2.24) is 14.5 Å². The van der Waals surface area contributed by atoms with Gasteiger partial charge in [-0.15, -0.1) is 11.3 Å². The maximum Gasteiger partial charge on any atom is 0.338 e. The third-order valence-corrected chi connectivity index (χ3v) is 7.47. The number of hydrogen-bond donors (Lipinski definition) is 2. The van der Waals surface area contributed by atoms with Crippen LogP contribution in [-0.2, 0) is 7.05 Å². The van der Waals surface area contributed by atoms with Crippen molar-refractivity contribution in [2.75, 3.05) is 13.2 Å². The molecule has 1 aliphatic rings. The van der Waals surface area contributed by atoms with E-state index in [1.54, 1.807) is 42.3 Å². The van der Waals surface area contributed by atoms with Crippen LogP contribution in [0.5, 0.6) is 11.5 Å². The SMILES string of the molecule is Cc1c(C(=O)O)c2ccc(Oc3ccnc4cc(C(=O)N5CCC[C@H]5CO)sc34)cc2n1C. The molecule has 0 bridgehead atoms. The lowest BCUT2D eigenvalue weighted by Gasteiger charge is -2.22. The van der Waals surface area contributed by atoms with Crippen molar-refractivity contribution in [2.24, 2.45) is 7.05 Å². The highest BCUT2D eigenvalue weighted by molar-refractivity contribution is 7.21. The van der Waals surface area contributed by atoms with Crippen molar-refractivity contribution in [2.45, 2.75) is 25.8 Å². The number of hydrogen-bond acceptors (Lipinski definition) is 6. The predicted octanol–water partition coefficient (Wildman–Crippen LogP) is 4.18. The Bertz CT molecular complexity index is 1410. The van der Waals surface area contributed by atoms with Crippen LogP contribution in [0.15, 0.2) is 36.5 Å².